The smallest absolute Gasteiger partial charge is 0.265 e. The number of hydrogen-bond acceptors (Lipinski definition) is 9. The van der Waals surface area contributed by atoms with Gasteiger partial charge in [0.15, 0.2) is 0 Å². The maximum Gasteiger partial charge on any atom is 0.265 e. The van der Waals surface area contributed by atoms with Gasteiger partial charge in [-0.05, 0) is 38.0 Å². The summed E-state index contributed by atoms with van der Waals surface area (Å²) in [5, 5.41) is 3.20. The molecule has 188 valence electrons. The van der Waals surface area contributed by atoms with E-state index in [1.54, 1.807) is 24.7 Å². The minimum Gasteiger partial charge on any atom is -0.593 e. The van der Waals surface area contributed by atoms with E-state index in [1.807, 2.05) is 31.2 Å². The standard InChI is InChI=1S/C25H28N6O4S/c1-2-35-22-16-26-15-20(29-22)17-3-5-18(6-4-17)28-23(32)25(10-13-34-14-11-25)21-9-12-27-24(30-21)31-36(33)19-7-8-19/h3-6,9,12,15-16,19H,2,7-8,10-11,13-14H2,1H3,(H,28,32)(H,27,30,31). The van der Waals surface area contributed by atoms with Gasteiger partial charge in [-0.1, -0.05) is 12.1 Å². The lowest BCUT2D eigenvalue weighted by molar-refractivity contribution is -0.125. The molecule has 3 heterocycles. The van der Waals surface area contributed by atoms with E-state index in [2.05, 4.69) is 30.0 Å². The third-order valence-electron chi connectivity index (χ3n) is 6.29. The number of ether oxygens (including phenoxy) is 2. The fourth-order valence-electron chi connectivity index (χ4n) is 4.13. The van der Waals surface area contributed by atoms with E-state index in [1.165, 1.54) is 0 Å². The quantitative estimate of drug-likeness (QED) is 0.418. The lowest BCUT2D eigenvalue weighted by Gasteiger charge is -2.35. The first-order chi connectivity index (χ1) is 17.6. The van der Waals surface area contributed by atoms with Crippen molar-refractivity contribution < 1.29 is 18.8 Å². The third kappa shape index (κ3) is 5.43. The minimum absolute atomic E-state index is 0.146. The van der Waals surface area contributed by atoms with Crippen LogP contribution in [-0.4, -0.2) is 55.5 Å². The fraction of sp³-hybridized carbons (Fsp3) is 0.400. The molecule has 1 saturated carbocycles. The van der Waals surface area contributed by atoms with Crippen molar-refractivity contribution in [1.29, 1.82) is 0 Å². The molecular weight excluding hydrogens is 480 g/mol. The molecular formula is C25H28N6O4S. The lowest BCUT2D eigenvalue weighted by Crippen LogP contribution is -2.45. The number of amides is 1. The molecule has 1 amide bonds. The van der Waals surface area contributed by atoms with Crippen molar-refractivity contribution in [2.24, 2.45) is 0 Å². The van der Waals surface area contributed by atoms with Crippen LogP contribution in [0.2, 0.25) is 0 Å². The van der Waals surface area contributed by atoms with Gasteiger partial charge in [-0.3, -0.25) is 9.78 Å². The van der Waals surface area contributed by atoms with Gasteiger partial charge in [0.1, 0.15) is 5.25 Å². The monoisotopic (exact) mass is 508 g/mol. The number of benzene rings is 1. The summed E-state index contributed by atoms with van der Waals surface area (Å²) in [6.07, 6.45) is 7.69. The van der Waals surface area contributed by atoms with Gasteiger partial charge in [0.05, 0.1) is 47.2 Å². The van der Waals surface area contributed by atoms with Crippen molar-refractivity contribution in [2.45, 2.75) is 43.3 Å². The highest BCUT2D eigenvalue weighted by molar-refractivity contribution is 7.93. The largest absolute Gasteiger partial charge is 0.593 e. The number of carbonyl (C=O) groups is 1. The zero-order valence-corrected chi connectivity index (χ0v) is 20.8. The van der Waals surface area contributed by atoms with Crippen molar-refractivity contribution in [2.75, 3.05) is 29.9 Å². The Hall–Kier alpha value is -3.28. The maximum absolute atomic E-state index is 13.7. The van der Waals surface area contributed by atoms with Gasteiger partial charge in [0.25, 0.3) is 5.95 Å². The van der Waals surface area contributed by atoms with Gasteiger partial charge < -0.3 is 19.3 Å². The molecule has 2 aliphatic rings. The van der Waals surface area contributed by atoms with E-state index in [9.17, 15) is 9.35 Å². The number of carbonyl (C=O) groups excluding carboxylic acids is 1. The number of nitrogens with zero attached hydrogens (tertiary/aromatic N) is 4. The number of aromatic nitrogens is 4. The second-order valence-electron chi connectivity index (χ2n) is 8.77. The second-order valence-corrected chi connectivity index (χ2v) is 10.2. The maximum atomic E-state index is 13.7. The van der Waals surface area contributed by atoms with Gasteiger partial charge in [-0.2, -0.15) is 4.72 Å². The van der Waals surface area contributed by atoms with Gasteiger partial charge in [-0.15, -0.1) is 0 Å². The average Bonchev–Trinajstić information content (AvgIpc) is 3.76. The predicted octanol–water partition coefficient (Wildman–Crippen LogP) is 3.26. The Kier molecular flexibility index (Phi) is 7.30. The SMILES string of the molecule is CCOc1cncc(-c2ccc(NC(=O)C3(c4ccnc(N[S+]([O-])C5CC5)n4)CCOCC3)cc2)n1. The van der Waals surface area contributed by atoms with Crippen molar-refractivity contribution in [3.8, 4) is 17.1 Å². The normalized spacial score (nSPS) is 17.7. The van der Waals surface area contributed by atoms with Crippen molar-refractivity contribution in [1.82, 2.24) is 19.9 Å². The molecule has 1 saturated heterocycles. The summed E-state index contributed by atoms with van der Waals surface area (Å²) in [6, 6.07) is 9.18. The molecule has 3 aromatic rings. The molecule has 1 aliphatic heterocycles. The van der Waals surface area contributed by atoms with Crippen molar-refractivity contribution in [3.05, 3.63) is 54.6 Å². The van der Waals surface area contributed by atoms with Crippen LogP contribution in [-0.2, 0) is 26.3 Å². The molecule has 36 heavy (non-hydrogen) atoms. The highest BCUT2D eigenvalue weighted by Crippen LogP contribution is 2.36. The number of hydrogen-bond donors (Lipinski definition) is 2. The Morgan fingerprint density at radius 1 is 1.17 bits per heavy atom. The van der Waals surface area contributed by atoms with E-state index in [0.717, 1.165) is 18.4 Å². The minimum atomic E-state index is -1.22. The molecule has 10 nitrogen and oxygen atoms in total. The molecule has 0 spiro atoms. The Bertz CT molecular complexity index is 1200. The van der Waals surface area contributed by atoms with E-state index in [0.29, 0.717) is 55.6 Å². The topological polar surface area (TPSA) is 134 Å². The van der Waals surface area contributed by atoms with Gasteiger partial charge in [0.2, 0.25) is 11.8 Å². The Labute approximate surface area is 212 Å². The first kappa shape index (κ1) is 24.4. The average molecular weight is 509 g/mol. The summed E-state index contributed by atoms with van der Waals surface area (Å²) in [5.74, 6) is 0.578. The molecule has 1 aromatic carbocycles. The molecule has 11 heteroatoms. The zero-order valence-electron chi connectivity index (χ0n) is 20.0. The fourth-order valence-corrected chi connectivity index (χ4v) is 5.14. The number of nitrogens with one attached hydrogen (secondary N) is 2. The Morgan fingerprint density at radius 3 is 2.67 bits per heavy atom. The molecule has 0 bridgehead atoms. The molecule has 2 fully saturated rings. The molecule has 0 radical (unpaired) electrons. The van der Waals surface area contributed by atoms with Crippen LogP contribution in [0.1, 0.15) is 38.3 Å². The molecule has 2 N–H and O–H groups in total. The van der Waals surface area contributed by atoms with Gasteiger partial charge in [0, 0.05) is 43.5 Å². The van der Waals surface area contributed by atoms with Gasteiger partial charge >= 0.3 is 0 Å². The van der Waals surface area contributed by atoms with Crippen molar-refractivity contribution in [3.63, 3.8) is 0 Å². The molecule has 1 unspecified atom stereocenters. The van der Waals surface area contributed by atoms with Crippen LogP contribution in [0.25, 0.3) is 11.3 Å². The van der Waals surface area contributed by atoms with E-state index in [4.69, 9.17) is 9.47 Å². The number of anilines is 2. The zero-order chi connectivity index (χ0) is 25.0. The highest BCUT2D eigenvalue weighted by atomic mass is 32.2. The Balaban J connectivity index is 1.34. The first-order valence-corrected chi connectivity index (χ1v) is 13.2. The van der Waals surface area contributed by atoms with Crippen LogP contribution in [0.15, 0.2) is 48.9 Å². The summed E-state index contributed by atoms with van der Waals surface area (Å²) >= 11 is -1.22. The van der Waals surface area contributed by atoms with Crippen molar-refractivity contribution >= 4 is 28.9 Å². The van der Waals surface area contributed by atoms with Crippen LogP contribution >= 0.6 is 0 Å². The first-order valence-electron chi connectivity index (χ1n) is 12.0. The summed E-state index contributed by atoms with van der Waals surface area (Å²) in [4.78, 5) is 31.1. The van der Waals surface area contributed by atoms with Crippen LogP contribution in [0.5, 0.6) is 5.88 Å². The predicted molar refractivity (Wildman–Crippen MR) is 136 cm³/mol. The van der Waals surface area contributed by atoms with Crippen LogP contribution in [0.4, 0.5) is 11.6 Å². The summed E-state index contributed by atoms with van der Waals surface area (Å²) in [6.45, 7) is 3.30. The second kappa shape index (κ2) is 10.8. The molecule has 2 aromatic heterocycles. The molecule has 1 aliphatic carbocycles. The van der Waals surface area contributed by atoms with Crippen LogP contribution in [0, 0.1) is 0 Å². The Morgan fingerprint density at radius 2 is 1.94 bits per heavy atom. The summed E-state index contributed by atoms with van der Waals surface area (Å²) < 4.78 is 26.2. The lowest BCUT2D eigenvalue weighted by atomic mass is 9.76. The summed E-state index contributed by atoms with van der Waals surface area (Å²) in [5.41, 5.74) is 1.91. The number of rotatable bonds is 9. The van der Waals surface area contributed by atoms with Crippen LogP contribution in [0.3, 0.4) is 0 Å². The third-order valence-corrected chi connectivity index (χ3v) is 7.75. The van der Waals surface area contributed by atoms with Crippen LogP contribution < -0.4 is 14.8 Å². The summed E-state index contributed by atoms with van der Waals surface area (Å²) in [7, 11) is 0. The van der Waals surface area contributed by atoms with E-state index in [-0.39, 0.29) is 17.1 Å². The molecule has 5 rings (SSSR count). The van der Waals surface area contributed by atoms with Gasteiger partial charge in [-0.25, -0.2) is 15.0 Å². The highest BCUT2D eigenvalue weighted by Gasteiger charge is 2.44. The van der Waals surface area contributed by atoms with E-state index < -0.39 is 16.8 Å². The molecule has 1 atom stereocenters. The van der Waals surface area contributed by atoms with E-state index >= 15 is 0 Å².